The van der Waals surface area contributed by atoms with Crippen LogP contribution in [0.3, 0.4) is 0 Å². The van der Waals surface area contributed by atoms with Crippen molar-refractivity contribution in [1.29, 1.82) is 0 Å². The number of carbonyl (C=O) groups excluding carboxylic acids is 1. The molecule has 0 atom stereocenters. The van der Waals surface area contributed by atoms with Gasteiger partial charge in [-0.15, -0.1) is 24.0 Å². The second-order valence-electron chi connectivity index (χ2n) is 2.72. The third-order valence-corrected chi connectivity index (χ3v) is 1.55. The molecule has 6 heteroatoms. The number of guanidine groups is 1. The Bertz CT molecular complexity index is 198. The van der Waals surface area contributed by atoms with Gasteiger partial charge in [-0.2, -0.15) is 0 Å². The molecule has 0 aromatic heterocycles. The van der Waals surface area contributed by atoms with E-state index < -0.39 is 0 Å². The van der Waals surface area contributed by atoms with Gasteiger partial charge in [-0.25, -0.2) is 0 Å². The lowest BCUT2D eigenvalue weighted by Crippen LogP contribution is -2.36. The highest BCUT2D eigenvalue weighted by Gasteiger charge is 2.01. The summed E-state index contributed by atoms with van der Waals surface area (Å²) in [4.78, 5) is 14.9. The Morgan fingerprint density at radius 1 is 1.47 bits per heavy atom. The zero-order valence-electron chi connectivity index (χ0n) is 9.50. The van der Waals surface area contributed by atoms with Gasteiger partial charge in [-0.3, -0.25) is 9.79 Å². The summed E-state index contributed by atoms with van der Waals surface area (Å²) in [6.07, 6.45) is 1.22. The van der Waals surface area contributed by atoms with Crippen molar-refractivity contribution >= 4 is 35.9 Å². The number of halogens is 1. The van der Waals surface area contributed by atoms with Gasteiger partial charge < -0.3 is 15.4 Å². The van der Waals surface area contributed by atoms with Crippen LogP contribution in [0, 0.1) is 0 Å². The van der Waals surface area contributed by atoms with Crippen molar-refractivity contribution in [1.82, 2.24) is 10.6 Å². The summed E-state index contributed by atoms with van der Waals surface area (Å²) in [6.45, 7) is 3.00. The maximum atomic E-state index is 11.0. The number of nitrogens with one attached hydrogen (secondary N) is 2. The number of hydrogen-bond donors (Lipinski definition) is 2. The molecular formula is C9H20IN3O2. The van der Waals surface area contributed by atoms with E-state index in [0.717, 1.165) is 6.42 Å². The highest BCUT2D eigenvalue weighted by Crippen LogP contribution is 1.86. The Morgan fingerprint density at radius 2 is 2.13 bits per heavy atom. The SMILES string of the molecule is CCCOC(=O)CCNC(=NC)NC.I. The van der Waals surface area contributed by atoms with Crippen molar-refractivity contribution in [3.63, 3.8) is 0 Å². The molecule has 0 aliphatic carbocycles. The third-order valence-electron chi connectivity index (χ3n) is 1.55. The van der Waals surface area contributed by atoms with E-state index in [1.165, 1.54) is 0 Å². The lowest BCUT2D eigenvalue weighted by Gasteiger charge is -2.07. The Hall–Kier alpha value is -0.530. The highest BCUT2D eigenvalue weighted by molar-refractivity contribution is 14.0. The van der Waals surface area contributed by atoms with Gasteiger partial charge in [0.05, 0.1) is 13.0 Å². The number of esters is 1. The molecule has 0 aliphatic rings. The molecular weight excluding hydrogens is 309 g/mol. The van der Waals surface area contributed by atoms with Crippen LogP contribution in [0.5, 0.6) is 0 Å². The van der Waals surface area contributed by atoms with Gasteiger partial charge in [0.1, 0.15) is 0 Å². The fourth-order valence-corrected chi connectivity index (χ4v) is 0.850. The quantitative estimate of drug-likeness (QED) is 0.338. The zero-order valence-corrected chi connectivity index (χ0v) is 11.8. The van der Waals surface area contributed by atoms with Gasteiger partial charge in [-0.05, 0) is 6.42 Å². The van der Waals surface area contributed by atoms with Crippen LogP contribution in [0.15, 0.2) is 4.99 Å². The number of aliphatic imine (C=N–C) groups is 1. The van der Waals surface area contributed by atoms with E-state index in [-0.39, 0.29) is 29.9 Å². The Balaban J connectivity index is 0. The van der Waals surface area contributed by atoms with Crippen LogP contribution in [-0.4, -0.2) is 39.2 Å². The highest BCUT2D eigenvalue weighted by atomic mass is 127. The standard InChI is InChI=1S/C9H19N3O2.HI/c1-4-7-14-8(13)5-6-12-9(10-2)11-3;/h4-7H2,1-3H3,(H2,10,11,12);1H. The molecule has 0 saturated heterocycles. The Kier molecular flexibility index (Phi) is 13.0. The van der Waals surface area contributed by atoms with Crippen molar-refractivity contribution in [2.24, 2.45) is 4.99 Å². The lowest BCUT2D eigenvalue weighted by molar-refractivity contribution is -0.143. The van der Waals surface area contributed by atoms with Crippen LogP contribution < -0.4 is 10.6 Å². The van der Waals surface area contributed by atoms with E-state index in [2.05, 4.69) is 15.6 Å². The molecule has 0 heterocycles. The minimum absolute atomic E-state index is 0. The number of rotatable bonds is 5. The summed E-state index contributed by atoms with van der Waals surface area (Å²) in [7, 11) is 3.44. The fraction of sp³-hybridized carbons (Fsp3) is 0.778. The van der Waals surface area contributed by atoms with Gasteiger partial charge >= 0.3 is 5.97 Å². The first-order chi connectivity index (χ1) is 6.74. The van der Waals surface area contributed by atoms with E-state index in [0.29, 0.717) is 25.5 Å². The first-order valence-corrected chi connectivity index (χ1v) is 4.78. The van der Waals surface area contributed by atoms with Crippen LogP contribution in [0.25, 0.3) is 0 Å². The van der Waals surface area contributed by atoms with Crippen LogP contribution >= 0.6 is 24.0 Å². The summed E-state index contributed by atoms with van der Waals surface area (Å²) >= 11 is 0. The number of carbonyl (C=O) groups is 1. The van der Waals surface area contributed by atoms with E-state index >= 15 is 0 Å². The largest absolute Gasteiger partial charge is 0.466 e. The van der Waals surface area contributed by atoms with Crippen molar-refractivity contribution in [3.8, 4) is 0 Å². The first kappa shape index (κ1) is 16.9. The lowest BCUT2D eigenvalue weighted by atomic mass is 10.4. The normalized spacial score (nSPS) is 10.2. The summed E-state index contributed by atoms with van der Waals surface area (Å²) in [5, 5.41) is 5.82. The summed E-state index contributed by atoms with van der Waals surface area (Å²) in [6, 6.07) is 0. The van der Waals surface area contributed by atoms with Gasteiger partial charge in [0.15, 0.2) is 5.96 Å². The molecule has 0 aromatic carbocycles. The Labute approximate surface area is 108 Å². The molecule has 0 aromatic rings. The maximum Gasteiger partial charge on any atom is 0.307 e. The molecule has 0 amide bonds. The molecule has 0 rings (SSSR count). The maximum absolute atomic E-state index is 11.0. The molecule has 0 spiro atoms. The summed E-state index contributed by atoms with van der Waals surface area (Å²) in [5.74, 6) is 0.499. The Morgan fingerprint density at radius 3 is 2.60 bits per heavy atom. The van der Waals surface area contributed by atoms with Gasteiger partial charge in [0.25, 0.3) is 0 Å². The predicted octanol–water partition coefficient (Wildman–Crippen LogP) is 0.743. The predicted molar refractivity (Wildman–Crippen MR) is 71.7 cm³/mol. The number of nitrogens with zero attached hydrogens (tertiary/aromatic N) is 1. The average molecular weight is 329 g/mol. The number of ether oxygens (including phenoxy) is 1. The molecule has 90 valence electrons. The van der Waals surface area contributed by atoms with E-state index in [1.807, 2.05) is 6.92 Å². The van der Waals surface area contributed by atoms with Crippen LogP contribution in [0.2, 0.25) is 0 Å². The van der Waals surface area contributed by atoms with Crippen molar-refractivity contribution in [2.45, 2.75) is 19.8 Å². The minimum atomic E-state index is -0.175. The van der Waals surface area contributed by atoms with Crippen molar-refractivity contribution < 1.29 is 9.53 Å². The zero-order chi connectivity index (χ0) is 10.8. The molecule has 0 bridgehead atoms. The molecule has 0 unspecified atom stereocenters. The van der Waals surface area contributed by atoms with E-state index in [4.69, 9.17) is 4.74 Å². The molecule has 15 heavy (non-hydrogen) atoms. The molecule has 0 aliphatic heterocycles. The first-order valence-electron chi connectivity index (χ1n) is 4.78. The van der Waals surface area contributed by atoms with Gasteiger partial charge in [0, 0.05) is 20.6 Å². The summed E-state index contributed by atoms with van der Waals surface area (Å²) < 4.78 is 4.90. The smallest absolute Gasteiger partial charge is 0.307 e. The van der Waals surface area contributed by atoms with Crippen molar-refractivity contribution in [2.75, 3.05) is 27.2 Å². The molecule has 0 saturated carbocycles. The molecule has 0 radical (unpaired) electrons. The van der Waals surface area contributed by atoms with Gasteiger partial charge in [0.2, 0.25) is 0 Å². The molecule has 0 fully saturated rings. The summed E-state index contributed by atoms with van der Waals surface area (Å²) in [5.41, 5.74) is 0. The number of hydrogen-bond acceptors (Lipinski definition) is 3. The van der Waals surface area contributed by atoms with Crippen LogP contribution in [-0.2, 0) is 9.53 Å². The van der Waals surface area contributed by atoms with Gasteiger partial charge in [-0.1, -0.05) is 6.92 Å². The van der Waals surface area contributed by atoms with Crippen molar-refractivity contribution in [3.05, 3.63) is 0 Å². The van der Waals surface area contributed by atoms with E-state index in [9.17, 15) is 4.79 Å². The molecule has 5 nitrogen and oxygen atoms in total. The van der Waals surface area contributed by atoms with Crippen LogP contribution in [0.4, 0.5) is 0 Å². The fourth-order valence-electron chi connectivity index (χ4n) is 0.850. The minimum Gasteiger partial charge on any atom is -0.466 e. The average Bonchev–Trinajstić information content (AvgIpc) is 2.21. The van der Waals surface area contributed by atoms with E-state index in [1.54, 1.807) is 14.1 Å². The topological polar surface area (TPSA) is 62.7 Å². The molecule has 2 N–H and O–H groups in total. The monoisotopic (exact) mass is 329 g/mol. The van der Waals surface area contributed by atoms with Crippen LogP contribution in [0.1, 0.15) is 19.8 Å². The third kappa shape index (κ3) is 9.77. The second kappa shape index (κ2) is 11.5. The second-order valence-corrected chi connectivity index (χ2v) is 2.72.